The van der Waals surface area contributed by atoms with Crippen molar-refractivity contribution in [1.82, 2.24) is 10.2 Å². The number of phenols is 1. The summed E-state index contributed by atoms with van der Waals surface area (Å²) in [6, 6.07) is 16.2. The molecule has 0 aromatic heterocycles. The SMILES string of the molecule is CCCCC[C@H](c1ccc(OCc2ccccc2)cc1O)N1CCNCC1. The smallest absolute Gasteiger partial charge is 0.124 e. The lowest BCUT2D eigenvalue weighted by molar-refractivity contribution is 0.160. The van der Waals surface area contributed by atoms with E-state index in [9.17, 15) is 5.11 Å². The first kappa shape index (κ1) is 19.7. The molecule has 0 radical (unpaired) electrons. The van der Waals surface area contributed by atoms with Gasteiger partial charge in [0.15, 0.2) is 0 Å². The van der Waals surface area contributed by atoms with E-state index in [0.29, 0.717) is 18.1 Å². The maximum absolute atomic E-state index is 10.7. The van der Waals surface area contributed by atoms with Gasteiger partial charge in [0.2, 0.25) is 0 Å². The van der Waals surface area contributed by atoms with Gasteiger partial charge in [0.05, 0.1) is 0 Å². The quantitative estimate of drug-likeness (QED) is 0.640. The molecule has 1 aliphatic rings. The fraction of sp³-hybridized carbons (Fsp3) is 0.478. The molecule has 146 valence electrons. The maximum Gasteiger partial charge on any atom is 0.124 e. The standard InChI is InChI=1S/C23H32N2O2/c1-2-3-5-10-22(25-15-13-24-14-16-25)21-12-11-20(17-23(21)26)27-18-19-8-6-4-7-9-19/h4,6-9,11-12,17,22,24,26H,2-3,5,10,13-16,18H2,1H3/t22-/m1/s1. The highest BCUT2D eigenvalue weighted by Gasteiger charge is 2.24. The monoisotopic (exact) mass is 368 g/mol. The lowest BCUT2D eigenvalue weighted by atomic mass is 9.97. The summed E-state index contributed by atoms with van der Waals surface area (Å²) < 4.78 is 5.87. The van der Waals surface area contributed by atoms with E-state index in [1.807, 2.05) is 42.5 Å². The summed E-state index contributed by atoms with van der Waals surface area (Å²) in [5.74, 6) is 1.06. The van der Waals surface area contributed by atoms with Gasteiger partial charge in [0, 0.05) is 43.9 Å². The first-order valence-corrected chi connectivity index (χ1v) is 10.2. The van der Waals surface area contributed by atoms with Gasteiger partial charge in [-0.25, -0.2) is 0 Å². The van der Waals surface area contributed by atoms with Crippen molar-refractivity contribution in [1.29, 1.82) is 0 Å². The molecule has 4 nitrogen and oxygen atoms in total. The van der Waals surface area contributed by atoms with E-state index in [0.717, 1.165) is 43.7 Å². The molecule has 1 aliphatic heterocycles. The number of ether oxygens (including phenoxy) is 1. The van der Waals surface area contributed by atoms with Crippen molar-refractivity contribution in [3.63, 3.8) is 0 Å². The Kier molecular flexibility index (Phi) is 7.55. The highest BCUT2D eigenvalue weighted by atomic mass is 16.5. The lowest BCUT2D eigenvalue weighted by Gasteiger charge is -2.35. The fourth-order valence-corrected chi connectivity index (χ4v) is 3.75. The first-order chi connectivity index (χ1) is 13.3. The third-order valence-corrected chi connectivity index (χ3v) is 5.28. The van der Waals surface area contributed by atoms with Crippen molar-refractivity contribution in [2.24, 2.45) is 0 Å². The second kappa shape index (κ2) is 10.3. The third-order valence-electron chi connectivity index (χ3n) is 5.28. The number of aromatic hydroxyl groups is 1. The summed E-state index contributed by atoms with van der Waals surface area (Å²) in [7, 11) is 0. The average molecular weight is 369 g/mol. The van der Waals surface area contributed by atoms with Crippen LogP contribution in [0.4, 0.5) is 0 Å². The molecule has 1 heterocycles. The number of nitrogens with one attached hydrogen (secondary N) is 1. The molecule has 0 saturated carbocycles. The van der Waals surface area contributed by atoms with Crippen LogP contribution in [0.3, 0.4) is 0 Å². The lowest BCUT2D eigenvalue weighted by Crippen LogP contribution is -2.45. The van der Waals surface area contributed by atoms with Crippen LogP contribution in [0.1, 0.15) is 49.8 Å². The topological polar surface area (TPSA) is 44.7 Å². The van der Waals surface area contributed by atoms with Crippen LogP contribution in [0.15, 0.2) is 48.5 Å². The normalized spacial score (nSPS) is 16.2. The molecule has 1 saturated heterocycles. The van der Waals surface area contributed by atoms with Crippen molar-refractivity contribution in [3.05, 3.63) is 59.7 Å². The molecule has 0 bridgehead atoms. The van der Waals surface area contributed by atoms with Crippen molar-refractivity contribution >= 4 is 0 Å². The van der Waals surface area contributed by atoms with Gasteiger partial charge in [-0.3, -0.25) is 4.90 Å². The van der Waals surface area contributed by atoms with E-state index in [4.69, 9.17) is 4.74 Å². The molecular formula is C23H32N2O2. The van der Waals surface area contributed by atoms with Gasteiger partial charge in [-0.15, -0.1) is 0 Å². The molecule has 0 spiro atoms. The highest BCUT2D eigenvalue weighted by Crippen LogP contribution is 2.35. The number of benzene rings is 2. The Hall–Kier alpha value is -2.04. The van der Waals surface area contributed by atoms with E-state index in [1.165, 1.54) is 19.3 Å². The fourth-order valence-electron chi connectivity index (χ4n) is 3.75. The molecule has 1 atom stereocenters. The second-order valence-electron chi connectivity index (χ2n) is 7.29. The number of piperazine rings is 1. The zero-order chi connectivity index (χ0) is 18.9. The molecule has 3 rings (SSSR count). The van der Waals surface area contributed by atoms with E-state index < -0.39 is 0 Å². The minimum Gasteiger partial charge on any atom is -0.507 e. The van der Waals surface area contributed by atoms with E-state index in [-0.39, 0.29) is 6.04 Å². The molecular weight excluding hydrogens is 336 g/mol. The van der Waals surface area contributed by atoms with Crippen molar-refractivity contribution < 1.29 is 9.84 Å². The molecule has 2 aromatic rings. The van der Waals surface area contributed by atoms with Crippen molar-refractivity contribution in [2.45, 2.75) is 45.3 Å². The zero-order valence-corrected chi connectivity index (χ0v) is 16.4. The summed E-state index contributed by atoms with van der Waals surface area (Å²) in [4.78, 5) is 2.51. The summed E-state index contributed by atoms with van der Waals surface area (Å²) in [6.45, 7) is 6.84. The van der Waals surface area contributed by atoms with Gasteiger partial charge >= 0.3 is 0 Å². The Balaban J connectivity index is 1.69. The van der Waals surface area contributed by atoms with Gasteiger partial charge in [-0.05, 0) is 18.1 Å². The maximum atomic E-state index is 10.7. The molecule has 0 amide bonds. The number of hydrogen-bond donors (Lipinski definition) is 2. The van der Waals surface area contributed by atoms with Gasteiger partial charge < -0.3 is 15.2 Å². The highest BCUT2D eigenvalue weighted by molar-refractivity contribution is 5.41. The second-order valence-corrected chi connectivity index (χ2v) is 7.29. The minimum absolute atomic E-state index is 0.279. The number of nitrogens with zero attached hydrogens (tertiary/aromatic N) is 1. The largest absolute Gasteiger partial charge is 0.507 e. The molecule has 2 aromatic carbocycles. The van der Waals surface area contributed by atoms with Gasteiger partial charge in [-0.1, -0.05) is 62.6 Å². The Labute approximate surface area is 163 Å². The first-order valence-electron chi connectivity index (χ1n) is 10.2. The Morgan fingerprint density at radius 1 is 1.07 bits per heavy atom. The number of hydrogen-bond acceptors (Lipinski definition) is 4. The van der Waals surface area contributed by atoms with Crippen molar-refractivity contribution in [2.75, 3.05) is 26.2 Å². The van der Waals surface area contributed by atoms with Crippen molar-refractivity contribution in [3.8, 4) is 11.5 Å². The zero-order valence-electron chi connectivity index (χ0n) is 16.4. The van der Waals surface area contributed by atoms with E-state index >= 15 is 0 Å². The number of rotatable bonds is 9. The Morgan fingerprint density at radius 2 is 1.85 bits per heavy atom. The molecule has 4 heteroatoms. The Morgan fingerprint density at radius 3 is 2.56 bits per heavy atom. The summed E-state index contributed by atoms with van der Waals surface area (Å²) in [5, 5.41) is 14.1. The van der Waals surface area contributed by atoms with E-state index in [2.05, 4.69) is 17.1 Å². The molecule has 1 fully saturated rings. The number of unbranched alkanes of at least 4 members (excludes halogenated alkanes) is 2. The van der Waals surface area contributed by atoms with E-state index in [1.54, 1.807) is 6.07 Å². The van der Waals surface area contributed by atoms with Crippen LogP contribution in [0, 0.1) is 0 Å². The summed E-state index contributed by atoms with van der Waals surface area (Å²) >= 11 is 0. The van der Waals surface area contributed by atoms with Crippen LogP contribution in [0.2, 0.25) is 0 Å². The minimum atomic E-state index is 0.279. The van der Waals surface area contributed by atoms with Crippen LogP contribution in [-0.4, -0.2) is 36.2 Å². The summed E-state index contributed by atoms with van der Waals surface area (Å²) in [6.07, 6.45) is 4.73. The molecule has 0 unspecified atom stereocenters. The van der Waals surface area contributed by atoms with Crippen LogP contribution in [0.25, 0.3) is 0 Å². The van der Waals surface area contributed by atoms with Gasteiger partial charge in [-0.2, -0.15) is 0 Å². The Bertz CT molecular complexity index is 684. The predicted octanol–water partition coefficient (Wildman–Crippen LogP) is 4.50. The van der Waals surface area contributed by atoms with Crippen LogP contribution in [0.5, 0.6) is 11.5 Å². The van der Waals surface area contributed by atoms with Crippen LogP contribution in [-0.2, 0) is 6.61 Å². The molecule has 27 heavy (non-hydrogen) atoms. The van der Waals surface area contributed by atoms with Crippen LogP contribution < -0.4 is 10.1 Å². The summed E-state index contributed by atoms with van der Waals surface area (Å²) in [5.41, 5.74) is 2.15. The average Bonchev–Trinajstić information content (AvgIpc) is 2.72. The predicted molar refractivity (Wildman–Crippen MR) is 110 cm³/mol. The van der Waals surface area contributed by atoms with Crippen LogP contribution >= 0.6 is 0 Å². The molecule has 2 N–H and O–H groups in total. The number of phenolic OH excluding ortho intramolecular Hbond substituents is 1. The van der Waals surface area contributed by atoms with Gasteiger partial charge in [0.1, 0.15) is 18.1 Å². The molecule has 0 aliphatic carbocycles. The van der Waals surface area contributed by atoms with Gasteiger partial charge in [0.25, 0.3) is 0 Å². The third kappa shape index (κ3) is 5.72.